The highest BCUT2D eigenvalue weighted by molar-refractivity contribution is 5.90. The van der Waals surface area contributed by atoms with Gasteiger partial charge in [0.25, 0.3) is 0 Å². The number of aromatic nitrogens is 5. The molecule has 3 aromatic heterocycles. The van der Waals surface area contributed by atoms with Gasteiger partial charge in [0.05, 0.1) is 17.6 Å². The lowest BCUT2D eigenvalue weighted by molar-refractivity contribution is 0.0856. The molecule has 0 aliphatic carbocycles. The van der Waals surface area contributed by atoms with Crippen molar-refractivity contribution in [1.82, 2.24) is 30.2 Å². The van der Waals surface area contributed by atoms with Crippen LogP contribution in [0.25, 0.3) is 11.0 Å². The molecule has 2 aliphatic rings. The van der Waals surface area contributed by atoms with Crippen LogP contribution in [0.4, 0.5) is 11.8 Å². The fourth-order valence-electron chi connectivity index (χ4n) is 4.75. The zero-order valence-electron chi connectivity index (χ0n) is 18.1. The molecule has 0 aromatic carbocycles. The fraction of sp³-hybridized carbons (Fsp3) is 0.545. The first-order valence-corrected chi connectivity index (χ1v) is 11.1. The van der Waals surface area contributed by atoms with Gasteiger partial charge in [0, 0.05) is 50.8 Å². The number of aromatic amines is 1. The third-order valence-corrected chi connectivity index (χ3v) is 6.14. The van der Waals surface area contributed by atoms with Crippen molar-refractivity contribution in [3.05, 3.63) is 36.0 Å². The minimum Gasteiger partial charge on any atom is -0.381 e. The highest BCUT2D eigenvalue weighted by Crippen LogP contribution is 2.34. The summed E-state index contributed by atoms with van der Waals surface area (Å²) in [5, 5.41) is 8.12. The molecular formula is C22H30N8O. The molecule has 3 N–H and O–H groups in total. The molecule has 5 heterocycles. The monoisotopic (exact) mass is 422 g/mol. The maximum absolute atomic E-state index is 5.54. The average molecular weight is 423 g/mol. The summed E-state index contributed by atoms with van der Waals surface area (Å²) >= 11 is 0. The molecule has 0 spiro atoms. The van der Waals surface area contributed by atoms with E-state index in [1.807, 2.05) is 12.3 Å². The number of nitrogens with one attached hydrogen (secondary N) is 3. The minimum absolute atomic E-state index is 0.417. The van der Waals surface area contributed by atoms with E-state index in [1.54, 1.807) is 6.33 Å². The van der Waals surface area contributed by atoms with E-state index in [9.17, 15) is 0 Å². The molecular weight excluding hydrogens is 392 g/mol. The Labute approximate surface area is 182 Å². The van der Waals surface area contributed by atoms with Gasteiger partial charge in [-0.05, 0) is 44.2 Å². The molecule has 164 valence electrons. The van der Waals surface area contributed by atoms with E-state index in [1.165, 1.54) is 5.56 Å². The standard InChI is InChI=1S/C22H30N8O/c1-14-11-30(12-15(2)28-14)22-23-6-3-17(29-22)9-24-20-19-18(16-4-7-31-8-5-16)10-25-21(19)27-13-26-20/h3,6,10,13-16,28H,4-5,7-9,11-12H2,1-2H3,(H2,24,25,26,27)/t14-,15+. The van der Waals surface area contributed by atoms with Crippen LogP contribution in [0.15, 0.2) is 24.8 Å². The molecule has 0 bridgehead atoms. The largest absolute Gasteiger partial charge is 0.381 e. The Balaban J connectivity index is 1.35. The molecule has 0 radical (unpaired) electrons. The van der Waals surface area contributed by atoms with Crippen LogP contribution < -0.4 is 15.5 Å². The van der Waals surface area contributed by atoms with Crippen LogP contribution in [0.3, 0.4) is 0 Å². The molecule has 2 fully saturated rings. The van der Waals surface area contributed by atoms with Gasteiger partial charge in [-0.15, -0.1) is 0 Å². The summed E-state index contributed by atoms with van der Waals surface area (Å²) in [6.45, 7) is 8.40. The average Bonchev–Trinajstić information content (AvgIpc) is 3.23. The van der Waals surface area contributed by atoms with Crippen LogP contribution in [0.5, 0.6) is 0 Å². The van der Waals surface area contributed by atoms with Gasteiger partial charge in [-0.25, -0.2) is 19.9 Å². The Hall–Kier alpha value is -2.78. The summed E-state index contributed by atoms with van der Waals surface area (Å²) in [4.78, 5) is 23.9. The zero-order valence-corrected chi connectivity index (χ0v) is 18.1. The van der Waals surface area contributed by atoms with Crippen molar-refractivity contribution in [3.63, 3.8) is 0 Å². The minimum atomic E-state index is 0.417. The molecule has 2 saturated heterocycles. The lowest BCUT2D eigenvalue weighted by Gasteiger charge is -2.36. The molecule has 0 amide bonds. The second-order valence-electron chi connectivity index (χ2n) is 8.65. The smallest absolute Gasteiger partial charge is 0.225 e. The van der Waals surface area contributed by atoms with Crippen molar-refractivity contribution >= 4 is 22.8 Å². The van der Waals surface area contributed by atoms with Gasteiger partial charge in [0.1, 0.15) is 17.8 Å². The van der Waals surface area contributed by atoms with E-state index in [0.29, 0.717) is 24.5 Å². The Morgan fingerprint density at radius 3 is 2.74 bits per heavy atom. The first kappa shape index (κ1) is 20.1. The summed E-state index contributed by atoms with van der Waals surface area (Å²) in [7, 11) is 0. The van der Waals surface area contributed by atoms with E-state index >= 15 is 0 Å². The lowest BCUT2D eigenvalue weighted by Crippen LogP contribution is -2.54. The van der Waals surface area contributed by atoms with Crippen LogP contribution >= 0.6 is 0 Å². The predicted octanol–water partition coefficient (Wildman–Crippen LogP) is 2.44. The second kappa shape index (κ2) is 8.76. The van der Waals surface area contributed by atoms with Crippen LogP contribution in [0.1, 0.15) is 43.9 Å². The summed E-state index contributed by atoms with van der Waals surface area (Å²) in [5.74, 6) is 2.10. The Kier molecular flexibility index (Phi) is 5.69. The third-order valence-electron chi connectivity index (χ3n) is 6.14. The maximum atomic E-state index is 5.54. The predicted molar refractivity (Wildman–Crippen MR) is 120 cm³/mol. The number of rotatable bonds is 5. The van der Waals surface area contributed by atoms with Crippen LogP contribution in [0, 0.1) is 0 Å². The summed E-state index contributed by atoms with van der Waals surface area (Å²) in [5.41, 5.74) is 3.08. The SMILES string of the molecule is C[C@@H]1CN(c2nccc(CNc3ncnc4[nH]cc(C5CCOCC5)c34)n2)C[C@H](C)N1. The van der Waals surface area contributed by atoms with Gasteiger partial charge in [-0.1, -0.05) is 0 Å². The molecule has 2 aliphatic heterocycles. The number of nitrogens with zero attached hydrogens (tertiary/aromatic N) is 5. The number of hydrogen-bond donors (Lipinski definition) is 3. The number of anilines is 2. The van der Waals surface area contributed by atoms with Crippen molar-refractivity contribution < 1.29 is 4.74 Å². The third kappa shape index (κ3) is 4.33. The normalized spacial score (nSPS) is 22.7. The fourth-order valence-corrected chi connectivity index (χ4v) is 4.75. The van der Waals surface area contributed by atoms with Crippen molar-refractivity contribution in [2.45, 2.75) is 51.2 Å². The van der Waals surface area contributed by atoms with E-state index in [-0.39, 0.29) is 0 Å². The molecule has 5 rings (SSSR count). The van der Waals surface area contributed by atoms with Crippen molar-refractivity contribution in [3.8, 4) is 0 Å². The quantitative estimate of drug-likeness (QED) is 0.576. The first-order valence-electron chi connectivity index (χ1n) is 11.1. The number of hydrogen-bond acceptors (Lipinski definition) is 8. The van der Waals surface area contributed by atoms with E-state index < -0.39 is 0 Å². The summed E-state index contributed by atoms with van der Waals surface area (Å²) in [6.07, 6.45) is 7.58. The molecule has 9 nitrogen and oxygen atoms in total. The Bertz CT molecular complexity index is 1020. The van der Waals surface area contributed by atoms with Gasteiger partial charge < -0.3 is 25.3 Å². The highest BCUT2D eigenvalue weighted by atomic mass is 16.5. The molecule has 9 heteroatoms. The highest BCUT2D eigenvalue weighted by Gasteiger charge is 2.24. The van der Waals surface area contributed by atoms with Crippen molar-refractivity contribution in [1.29, 1.82) is 0 Å². The van der Waals surface area contributed by atoms with E-state index in [4.69, 9.17) is 9.72 Å². The van der Waals surface area contributed by atoms with Gasteiger partial charge in [0.2, 0.25) is 5.95 Å². The van der Waals surface area contributed by atoms with E-state index in [0.717, 1.165) is 67.6 Å². The van der Waals surface area contributed by atoms with Gasteiger partial charge in [-0.2, -0.15) is 0 Å². The Morgan fingerprint density at radius 2 is 1.94 bits per heavy atom. The molecule has 0 unspecified atom stereocenters. The molecule has 3 aromatic rings. The van der Waals surface area contributed by atoms with Crippen molar-refractivity contribution in [2.75, 3.05) is 36.5 Å². The first-order chi connectivity index (χ1) is 15.2. The Morgan fingerprint density at radius 1 is 1.13 bits per heavy atom. The zero-order chi connectivity index (χ0) is 21.2. The van der Waals surface area contributed by atoms with Crippen LogP contribution in [-0.2, 0) is 11.3 Å². The topological polar surface area (TPSA) is 104 Å². The lowest BCUT2D eigenvalue weighted by atomic mass is 9.92. The summed E-state index contributed by atoms with van der Waals surface area (Å²) < 4.78 is 5.54. The van der Waals surface area contributed by atoms with Crippen LogP contribution in [0.2, 0.25) is 0 Å². The van der Waals surface area contributed by atoms with E-state index in [2.05, 4.69) is 55.5 Å². The number of H-pyrrole nitrogens is 1. The summed E-state index contributed by atoms with van der Waals surface area (Å²) in [6, 6.07) is 2.79. The van der Waals surface area contributed by atoms with Crippen LogP contribution in [-0.4, -0.2) is 63.3 Å². The van der Waals surface area contributed by atoms with Gasteiger partial charge in [0.15, 0.2) is 0 Å². The number of ether oxygens (including phenoxy) is 1. The van der Waals surface area contributed by atoms with Gasteiger partial charge >= 0.3 is 0 Å². The molecule has 2 atom stereocenters. The van der Waals surface area contributed by atoms with Gasteiger partial charge in [-0.3, -0.25) is 0 Å². The second-order valence-corrected chi connectivity index (χ2v) is 8.65. The maximum Gasteiger partial charge on any atom is 0.225 e. The van der Waals surface area contributed by atoms with Crippen molar-refractivity contribution in [2.24, 2.45) is 0 Å². The molecule has 0 saturated carbocycles. The molecule has 31 heavy (non-hydrogen) atoms. The number of fused-ring (bicyclic) bond motifs is 1. The number of piperazine rings is 1.